The molecule has 1 aliphatic rings. The summed E-state index contributed by atoms with van der Waals surface area (Å²) in [5.74, 6) is 2.51. The maximum absolute atomic E-state index is 12.6. The number of hydrogen-bond donors (Lipinski definition) is 2. The minimum atomic E-state index is -0.494. The van der Waals surface area contributed by atoms with Crippen molar-refractivity contribution < 1.29 is 14.3 Å². The lowest BCUT2D eigenvalue weighted by Gasteiger charge is -2.25. The Hall–Kier alpha value is -2.94. The third-order valence-electron chi connectivity index (χ3n) is 5.56. The van der Waals surface area contributed by atoms with Crippen LogP contribution in [0.5, 0.6) is 11.6 Å². The molecule has 0 unspecified atom stereocenters. The molecular formula is C23H31N5O3S. The molecule has 1 fully saturated rings. The molecule has 0 atom stereocenters. The zero-order valence-electron chi connectivity index (χ0n) is 18.8. The van der Waals surface area contributed by atoms with Gasteiger partial charge in [-0.05, 0) is 67.4 Å². The number of aliphatic imine (C=N–C) groups is 1. The SMILES string of the molecule is CCN(C(C)=O)C(=O)NC(=NCC1CCC(C)CC1)Nc1ccc(Oc2ccsn2)cc1. The Balaban J connectivity index is 1.68. The van der Waals surface area contributed by atoms with Gasteiger partial charge in [0.1, 0.15) is 5.75 Å². The van der Waals surface area contributed by atoms with E-state index in [0.717, 1.165) is 29.3 Å². The third kappa shape index (κ3) is 7.05. The third-order valence-corrected chi connectivity index (χ3v) is 6.11. The van der Waals surface area contributed by atoms with Gasteiger partial charge in [0, 0.05) is 37.1 Å². The molecule has 2 aromatic rings. The van der Waals surface area contributed by atoms with Gasteiger partial charge < -0.3 is 10.1 Å². The van der Waals surface area contributed by atoms with E-state index in [1.54, 1.807) is 13.0 Å². The van der Waals surface area contributed by atoms with Crippen LogP contribution in [-0.2, 0) is 4.79 Å². The van der Waals surface area contributed by atoms with E-state index in [9.17, 15) is 9.59 Å². The molecule has 1 aromatic carbocycles. The Morgan fingerprint density at radius 1 is 1.19 bits per heavy atom. The van der Waals surface area contributed by atoms with Crippen LogP contribution in [-0.4, -0.2) is 40.3 Å². The van der Waals surface area contributed by atoms with Crippen molar-refractivity contribution >= 4 is 35.1 Å². The Labute approximate surface area is 193 Å². The van der Waals surface area contributed by atoms with Gasteiger partial charge in [0.15, 0.2) is 0 Å². The lowest BCUT2D eigenvalue weighted by atomic mass is 9.83. The van der Waals surface area contributed by atoms with Gasteiger partial charge >= 0.3 is 6.03 Å². The van der Waals surface area contributed by atoms with E-state index in [2.05, 4.69) is 26.9 Å². The molecule has 1 heterocycles. The number of urea groups is 1. The number of rotatable bonds is 6. The number of amides is 3. The van der Waals surface area contributed by atoms with Crippen molar-refractivity contribution in [3.8, 4) is 11.6 Å². The highest BCUT2D eigenvalue weighted by Crippen LogP contribution is 2.28. The summed E-state index contributed by atoms with van der Waals surface area (Å²) in [6.45, 7) is 6.34. The number of benzene rings is 1. The average Bonchev–Trinajstić information content (AvgIpc) is 3.28. The largest absolute Gasteiger partial charge is 0.438 e. The first-order valence-electron chi connectivity index (χ1n) is 11.0. The summed E-state index contributed by atoms with van der Waals surface area (Å²) in [6.07, 6.45) is 4.71. The van der Waals surface area contributed by atoms with E-state index < -0.39 is 6.03 Å². The maximum Gasteiger partial charge on any atom is 0.330 e. The zero-order chi connectivity index (χ0) is 22.9. The van der Waals surface area contributed by atoms with Gasteiger partial charge in [-0.15, -0.1) is 0 Å². The fraction of sp³-hybridized carbons (Fsp3) is 0.478. The van der Waals surface area contributed by atoms with Gasteiger partial charge in [-0.1, -0.05) is 19.8 Å². The van der Waals surface area contributed by atoms with Crippen molar-refractivity contribution in [3.05, 3.63) is 35.7 Å². The second kappa shape index (κ2) is 11.6. The Bertz CT molecular complexity index is 906. The van der Waals surface area contributed by atoms with Crippen LogP contribution in [0.3, 0.4) is 0 Å². The van der Waals surface area contributed by atoms with E-state index in [0.29, 0.717) is 30.1 Å². The number of carbonyl (C=O) groups is 2. The lowest BCUT2D eigenvalue weighted by molar-refractivity contribution is -0.125. The molecule has 9 heteroatoms. The molecule has 1 saturated carbocycles. The monoisotopic (exact) mass is 457 g/mol. The number of imide groups is 1. The molecule has 8 nitrogen and oxygen atoms in total. The summed E-state index contributed by atoms with van der Waals surface area (Å²) in [5.41, 5.74) is 0.748. The minimum absolute atomic E-state index is 0.289. The second-order valence-corrected chi connectivity index (χ2v) is 8.76. The summed E-state index contributed by atoms with van der Waals surface area (Å²) in [6, 6.07) is 8.63. The highest BCUT2D eigenvalue weighted by atomic mass is 32.1. The van der Waals surface area contributed by atoms with Crippen LogP contribution in [0.2, 0.25) is 0 Å². The Morgan fingerprint density at radius 2 is 1.91 bits per heavy atom. The minimum Gasteiger partial charge on any atom is -0.438 e. The summed E-state index contributed by atoms with van der Waals surface area (Å²) in [7, 11) is 0. The summed E-state index contributed by atoms with van der Waals surface area (Å²) in [4.78, 5) is 30.1. The van der Waals surface area contributed by atoms with Crippen LogP contribution in [0.1, 0.15) is 46.5 Å². The van der Waals surface area contributed by atoms with Crippen LogP contribution in [0.25, 0.3) is 0 Å². The smallest absolute Gasteiger partial charge is 0.330 e. The van der Waals surface area contributed by atoms with Crippen molar-refractivity contribution in [2.45, 2.75) is 46.5 Å². The van der Waals surface area contributed by atoms with Gasteiger partial charge in [0.2, 0.25) is 17.7 Å². The molecule has 0 bridgehead atoms. The highest BCUT2D eigenvalue weighted by molar-refractivity contribution is 7.03. The molecule has 172 valence electrons. The standard InChI is InChI=1S/C23H31N5O3S/c1-4-28(17(3)29)23(30)26-22(24-15-18-7-5-16(2)6-8-18)25-19-9-11-20(12-10-19)31-21-13-14-32-27-21/h9-14,16,18H,4-8,15H2,1-3H3,(H2,24,25,26,30). The molecule has 2 N–H and O–H groups in total. The number of ether oxygens (including phenoxy) is 1. The van der Waals surface area contributed by atoms with Gasteiger partial charge in [0.05, 0.1) is 0 Å². The number of carbonyl (C=O) groups excluding carboxylic acids is 2. The Kier molecular flexibility index (Phi) is 8.61. The molecular weight excluding hydrogens is 426 g/mol. The topological polar surface area (TPSA) is 95.9 Å². The van der Waals surface area contributed by atoms with E-state index >= 15 is 0 Å². The second-order valence-electron chi connectivity index (χ2n) is 8.10. The average molecular weight is 458 g/mol. The fourth-order valence-electron chi connectivity index (χ4n) is 3.64. The van der Waals surface area contributed by atoms with Crippen molar-refractivity contribution in [1.29, 1.82) is 0 Å². The Morgan fingerprint density at radius 3 is 2.50 bits per heavy atom. The number of anilines is 1. The first-order chi connectivity index (χ1) is 15.4. The van der Waals surface area contributed by atoms with E-state index in [-0.39, 0.29) is 12.5 Å². The molecule has 3 rings (SSSR count). The van der Waals surface area contributed by atoms with Crippen molar-refractivity contribution in [1.82, 2.24) is 14.6 Å². The van der Waals surface area contributed by atoms with Crippen LogP contribution in [0, 0.1) is 11.8 Å². The maximum atomic E-state index is 12.6. The van der Waals surface area contributed by atoms with Gasteiger partial charge in [-0.25, -0.2) is 4.79 Å². The van der Waals surface area contributed by atoms with Gasteiger partial charge in [-0.3, -0.25) is 20.0 Å². The van der Waals surface area contributed by atoms with E-state index in [4.69, 9.17) is 4.74 Å². The van der Waals surface area contributed by atoms with E-state index in [1.165, 1.54) is 31.3 Å². The van der Waals surface area contributed by atoms with Crippen molar-refractivity contribution in [3.63, 3.8) is 0 Å². The molecule has 0 aliphatic heterocycles. The van der Waals surface area contributed by atoms with Crippen LogP contribution >= 0.6 is 11.5 Å². The molecule has 3 amide bonds. The van der Waals surface area contributed by atoms with Crippen LogP contribution in [0.15, 0.2) is 40.7 Å². The predicted octanol–water partition coefficient (Wildman–Crippen LogP) is 5.11. The van der Waals surface area contributed by atoms with Gasteiger partial charge in [0.25, 0.3) is 0 Å². The normalized spacial score (nSPS) is 18.7. The zero-order valence-corrected chi connectivity index (χ0v) is 19.7. The molecule has 0 radical (unpaired) electrons. The summed E-state index contributed by atoms with van der Waals surface area (Å²) in [5, 5.41) is 7.79. The first kappa shape index (κ1) is 23.7. The number of guanidine groups is 1. The van der Waals surface area contributed by atoms with Gasteiger partial charge in [-0.2, -0.15) is 4.37 Å². The fourth-order valence-corrected chi connectivity index (χ4v) is 4.08. The number of hydrogen-bond acceptors (Lipinski definition) is 6. The predicted molar refractivity (Wildman–Crippen MR) is 127 cm³/mol. The highest BCUT2D eigenvalue weighted by Gasteiger charge is 2.20. The van der Waals surface area contributed by atoms with E-state index in [1.807, 2.05) is 29.6 Å². The summed E-state index contributed by atoms with van der Waals surface area (Å²) < 4.78 is 9.81. The molecule has 1 aliphatic carbocycles. The van der Waals surface area contributed by atoms with Crippen molar-refractivity contribution in [2.24, 2.45) is 16.8 Å². The number of nitrogens with one attached hydrogen (secondary N) is 2. The van der Waals surface area contributed by atoms with Crippen molar-refractivity contribution in [2.75, 3.05) is 18.4 Å². The number of aromatic nitrogens is 1. The summed E-state index contributed by atoms with van der Waals surface area (Å²) >= 11 is 1.33. The quantitative estimate of drug-likeness (QED) is 0.464. The molecule has 0 saturated heterocycles. The lowest BCUT2D eigenvalue weighted by Crippen LogP contribution is -2.47. The number of nitrogens with zero attached hydrogens (tertiary/aromatic N) is 3. The molecule has 32 heavy (non-hydrogen) atoms. The first-order valence-corrected chi connectivity index (χ1v) is 11.9. The molecule has 1 aromatic heterocycles. The molecule has 0 spiro atoms. The van der Waals surface area contributed by atoms with Crippen LogP contribution in [0.4, 0.5) is 10.5 Å². The van der Waals surface area contributed by atoms with Crippen LogP contribution < -0.4 is 15.4 Å².